The molecule has 2 aromatic heterocycles. The van der Waals surface area contributed by atoms with E-state index in [4.69, 9.17) is 16.3 Å². The summed E-state index contributed by atoms with van der Waals surface area (Å²) in [5.41, 5.74) is 2.46. The molecule has 1 amide bonds. The standard InChI is InChI=1S/C20H20ClN5O2/c1-25-19(17(21)9-24-25)20(27)26-10-15(13-3-5-14(28-2)6-4-13)16(11-26)18-7-8-22-12-23-18/h3-9,12,15-16H,10-11H2,1-2H3/t15-,16+/m0/s1. The number of likely N-dealkylation sites (tertiary alicyclic amines) is 1. The molecule has 0 unspecified atom stereocenters. The van der Waals surface area contributed by atoms with Crippen LogP contribution in [0.2, 0.25) is 5.02 Å². The third kappa shape index (κ3) is 3.33. The van der Waals surface area contributed by atoms with Crippen molar-refractivity contribution in [1.82, 2.24) is 24.6 Å². The van der Waals surface area contributed by atoms with E-state index in [0.717, 1.165) is 17.0 Å². The Balaban J connectivity index is 1.67. The third-order valence-corrected chi connectivity index (χ3v) is 5.51. The SMILES string of the molecule is COc1ccc([C@@H]2CN(C(=O)c3c(Cl)cnn3C)C[C@H]2c2ccncn2)cc1. The number of amides is 1. The first-order valence-corrected chi connectivity index (χ1v) is 9.33. The summed E-state index contributed by atoms with van der Waals surface area (Å²) in [6.45, 7) is 1.12. The molecule has 0 radical (unpaired) electrons. The second-order valence-corrected chi connectivity index (χ2v) is 7.20. The van der Waals surface area contributed by atoms with Crippen molar-refractivity contribution in [1.29, 1.82) is 0 Å². The molecule has 4 rings (SSSR count). The van der Waals surface area contributed by atoms with Crippen LogP contribution < -0.4 is 4.74 Å². The molecule has 2 atom stereocenters. The topological polar surface area (TPSA) is 73.1 Å². The smallest absolute Gasteiger partial charge is 0.273 e. The van der Waals surface area contributed by atoms with Gasteiger partial charge in [0.15, 0.2) is 0 Å². The fourth-order valence-corrected chi connectivity index (χ4v) is 4.03. The van der Waals surface area contributed by atoms with Crippen LogP contribution >= 0.6 is 11.6 Å². The van der Waals surface area contributed by atoms with Crippen LogP contribution in [-0.2, 0) is 7.05 Å². The molecule has 8 heteroatoms. The normalized spacial score (nSPS) is 19.0. The molecule has 28 heavy (non-hydrogen) atoms. The van der Waals surface area contributed by atoms with E-state index in [1.807, 2.05) is 35.2 Å². The van der Waals surface area contributed by atoms with E-state index in [9.17, 15) is 4.79 Å². The van der Waals surface area contributed by atoms with Crippen LogP contribution in [0.3, 0.4) is 0 Å². The van der Waals surface area contributed by atoms with Gasteiger partial charge in [0.25, 0.3) is 5.91 Å². The van der Waals surface area contributed by atoms with Gasteiger partial charge in [-0.3, -0.25) is 9.48 Å². The lowest BCUT2D eigenvalue weighted by atomic mass is 9.86. The molecule has 0 aliphatic carbocycles. The summed E-state index contributed by atoms with van der Waals surface area (Å²) in [6.07, 6.45) is 4.77. The summed E-state index contributed by atoms with van der Waals surface area (Å²) < 4.78 is 6.79. The molecular weight excluding hydrogens is 378 g/mol. The van der Waals surface area contributed by atoms with Gasteiger partial charge in [0.1, 0.15) is 17.8 Å². The minimum atomic E-state index is -0.125. The molecule has 0 bridgehead atoms. The molecule has 7 nitrogen and oxygen atoms in total. The first-order chi connectivity index (χ1) is 13.6. The Morgan fingerprint density at radius 1 is 1.18 bits per heavy atom. The second kappa shape index (κ2) is 7.59. The first-order valence-electron chi connectivity index (χ1n) is 8.95. The molecule has 144 valence electrons. The number of rotatable bonds is 4. The molecule has 3 heterocycles. The van der Waals surface area contributed by atoms with Crippen LogP contribution in [0, 0.1) is 0 Å². The average molecular weight is 398 g/mol. The van der Waals surface area contributed by atoms with Crippen molar-refractivity contribution in [2.24, 2.45) is 7.05 Å². The molecule has 0 saturated carbocycles. The Bertz CT molecular complexity index is 955. The minimum absolute atomic E-state index is 0.0624. The fraction of sp³-hybridized carbons (Fsp3) is 0.300. The Morgan fingerprint density at radius 2 is 1.93 bits per heavy atom. The van der Waals surface area contributed by atoms with Crippen molar-refractivity contribution in [3.63, 3.8) is 0 Å². The number of methoxy groups -OCH3 is 1. The highest BCUT2D eigenvalue weighted by molar-refractivity contribution is 6.33. The maximum absolute atomic E-state index is 13.1. The molecular formula is C20H20ClN5O2. The van der Waals surface area contributed by atoms with Gasteiger partial charge in [-0.05, 0) is 23.8 Å². The van der Waals surface area contributed by atoms with E-state index in [-0.39, 0.29) is 17.7 Å². The zero-order chi connectivity index (χ0) is 19.7. The zero-order valence-electron chi connectivity index (χ0n) is 15.6. The monoisotopic (exact) mass is 397 g/mol. The van der Waals surface area contributed by atoms with Crippen LogP contribution in [-0.4, -0.2) is 50.8 Å². The Morgan fingerprint density at radius 3 is 2.54 bits per heavy atom. The predicted molar refractivity (Wildman–Crippen MR) is 105 cm³/mol. The van der Waals surface area contributed by atoms with E-state index < -0.39 is 0 Å². The van der Waals surface area contributed by atoms with Crippen molar-refractivity contribution in [3.8, 4) is 5.75 Å². The highest BCUT2D eigenvalue weighted by Gasteiger charge is 2.39. The lowest BCUT2D eigenvalue weighted by Gasteiger charge is -2.18. The van der Waals surface area contributed by atoms with E-state index in [0.29, 0.717) is 23.8 Å². The lowest BCUT2D eigenvalue weighted by molar-refractivity contribution is 0.0778. The zero-order valence-corrected chi connectivity index (χ0v) is 16.4. The fourth-order valence-electron chi connectivity index (χ4n) is 3.78. The van der Waals surface area contributed by atoms with E-state index in [2.05, 4.69) is 15.1 Å². The summed E-state index contributed by atoms with van der Waals surface area (Å²) in [5.74, 6) is 0.846. The molecule has 1 saturated heterocycles. The number of aryl methyl sites for hydroxylation is 1. The molecule has 1 aromatic carbocycles. The number of carbonyl (C=O) groups is 1. The van der Waals surface area contributed by atoms with Crippen LogP contribution in [0.15, 0.2) is 49.1 Å². The van der Waals surface area contributed by atoms with E-state index >= 15 is 0 Å². The summed E-state index contributed by atoms with van der Waals surface area (Å²) in [5, 5.41) is 4.44. The molecule has 3 aromatic rings. The highest BCUT2D eigenvalue weighted by Crippen LogP contribution is 2.40. The first kappa shape index (κ1) is 18.4. The number of benzene rings is 1. The van der Waals surface area contributed by atoms with Gasteiger partial charge in [-0.15, -0.1) is 0 Å². The van der Waals surface area contributed by atoms with Crippen LogP contribution in [0.4, 0.5) is 0 Å². The largest absolute Gasteiger partial charge is 0.497 e. The van der Waals surface area contributed by atoms with Crippen molar-refractivity contribution in [2.75, 3.05) is 20.2 Å². The number of aromatic nitrogens is 4. The van der Waals surface area contributed by atoms with Crippen molar-refractivity contribution in [3.05, 3.63) is 71.0 Å². The number of hydrogen-bond donors (Lipinski definition) is 0. The number of halogens is 1. The van der Waals surface area contributed by atoms with Gasteiger partial charge in [-0.25, -0.2) is 9.97 Å². The van der Waals surface area contributed by atoms with Gasteiger partial charge in [-0.1, -0.05) is 23.7 Å². The maximum Gasteiger partial charge on any atom is 0.273 e. The van der Waals surface area contributed by atoms with E-state index in [1.54, 1.807) is 26.7 Å². The van der Waals surface area contributed by atoms with Crippen molar-refractivity contribution in [2.45, 2.75) is 11.8 Å². The van der Waals surface area contributed by atoms with Gasteiger partial charge in [0.05, 0.1) is 18.3 Å². The van der Waals surface area contributed by atoms with Gasteiger partial charge < -0.3 is 9.64 Å². The van der Waals surface area contributed by atoms with Crippen molar-refractivity contribution < 1.29 is 9.53 Å². The Hall–Kier alpha value is -2.93. The Kier molecular flexibility index (Phi) is 5.00. The summed E-state index contributed by atoms with van der Waals surface area (Å²) in [7, 11) is 3.37. The second-order valence-electron chi connectivity index (χ2n) is 6.80. The van der Waals surface area contributed by atoms with Crippen molar-refractivity contribution >= 4 is 17.5 Å². The molecule has 1 fully saturated rings. The summed E-state index contributed by atoms with van der Waals surface area (Å²) >= 11 is 6.19. The number of hydrogen-bond acceptors (Lipinski definition) is 5. The molecule has 0 N–H and O–H groups in total. The van der Waals surface area contributed by atoms with Gasteiger partial charge in [0.2, 0.25) is 0 Å². The Labute approximate surface area is 167 Å². The molecule has 1 aliphatic heterocycles. The molecule has 0 spiro atoms. The van der Waals surface area contributed by atoms with Crippen LogP contribution in [0.1, 0.15) is 33.6 Å². The quantitative estimate of drug-likeness (QED) is 0.676. The maximum atomic E-state index is 13.1. The minimum Gasteiger partial charge on any atom is -0.497 e. The van der Waals surface area contributed by atoms with E-state index in [1.165, 1.54) is 10.9 Å². The lowest BCUT2D eigenvalue weighted by Crippen LogP contribution is -2.30. The van der Waals surface area contributed by atoms with Crippen LogP contribution in [0.5, 0.6) is 5.75 Å². The van der Waals surface area contributed by atoms with Gasteiger partial charge in [-0.2, -0.15) is 5.10 Å². The van der Waals surface area contributed by atoms with Gasteiger partial charge >= 0.3 is 0 Å². The third-order valence-electron chi connectivity index (χ3n) is 5.23. The number of ether oxygens (including phenoxy) is 1. The summed E-state index contributed by atoms with van der Waals surface area (Å²) in [6, 6.07) is 9.88. The number of nitrogens with zero attached hydrogens (tertiary/aromatic N) is 5. The molecule has 1 aliphatic rings. The average Bonchev–Trinajstić information content (AvgIpc) is 3.32. The number of carbonyl (C=O) groups excluding carboxylic acids is 1. The predicted octanol–water partition coefficient (Wildman–Crippen LogP) is 2.90. The highest BCUT2D eigenvalue weighted by atomic mass is 35.5. The van der Waals surface area contributed by atoms with Gasteiger partial charge in [0, 0.05) is 43.9 Å². The van der Waals surface area contributed by atoms with Crippen LogP contribution in [0.25, 0.3) is 0 Å². The summed E-state index contributed by atoms with van der Waals surface area (Å²) in [4.78, 5) is 23.4.